The number of rotatable bonds is 3. The summed E-state index contributed by atoms with van der Waals surface area (Å²) < 4.78 is 0. The predicted molar refractivity (Wildman–Crippen MR) is 60.6 cm³/mol. The Morgan fingerprint density at radius 2 is 2.20 bits per heavy atom. The number of aromatic nitrogens is 2. The Balaban J connectivity index is 2.76. The van der Waals surface area contributed by atoms with Gasteiger partial charge in [0.15, 0.2) is 0 Å². The van der Waals surface area contributed by atoms with Gasteiger partial charge in [0.2, 0.25) is 11.2 Å². The fourth-order valence-corrected chi connectivity index (χ4v) is 1.32. The maximum atomic E-state index is 11.4. The SMILES string of the molecule is CC(CCl)C(=O)Nc1cc(Cl)nc(Cl)n1. The van der Waals surface area contributed by atoms with Gasteiger partial charge in [-0.05, 0) is 11.6 Å². The van der Waals surface area contributed by atoms with E-state index in [9.17, 15) is 4.79 Å². The van der Waals surface area contributed by atoms with E-state index in [1.165, 1.54) is 6.07 Å². The van der Waals surface area contributed by atoms with Gasteiger partial charge in [-0.15, -0.1) is 11.6 Å². The van der Waals surface area contributed by atoms with Crippen molar-refractivity contribution >= 4 is 46.5 Å². The highest BCUT2D eigenvalue weighted by Crippen LogP contribution is 2.15. The maximum absolute atomic E-state index is 11.4. The molecular weight excluding hydrogens is 260 g/mol. The van der Waals surface area contributed by atoms with Crippen molar-refractivity contribution in [2.24, 2.45) is 5.92 Å². The van der Waals surface area contributed by atoms with Crippen LogP contribution in [0.15, 0.2) is 6.07 Å². The van der Waals surface area contributed by atoms with Crippen molar-refractivity contribution in [1.29, 1.82) is 0 Å². The number of hydrogen-bond donors (Lipinski definition) is 1. The minimum atomic E-state index is -0.306. The summed E-state index contributed by atoms with van der Waals surface area (Å²) in [5, 5.41) is 2.68. The Labute approximate surface area is 102 Å². The standard InChI is InChI=1S/C8H8Cl3N3O/c1-4(3-9)7(15)13-6-2-5(10)12-8(11)14-6/h2,4H,3H2,1H3,(H,12,13,14,15). The van der Waals surface area contributed by atoms with Gasteiger partial charge in [0.05, 0.1) is 0 Å². The lowest BCUT2D eigenvalue weighted by Gasteiger charge is -2.08. The van der Waals surface area contributed by atoms with Crippen LogP contribution in [0.5, 0.6) is 0 Å². The van der Waals surface area contributed by atoms with Crippen molar-refractivity contribution in [2.45, 2.75) is 6.92 Å². The molecule has 15 heavy (non-hydrogen) atoms. The molecule has 7 heteroatoms. The van der Waals surface area contributed by atoms with E-state index < -0.39 is 0 Å². The van der Waals surface area contributed by atoms with E-state index in [2.05, 4.69) is 15.3 Å². The zero-order valence-corrected chi connectivity index (χ0v) is 10.1. The molecule has 1 unspecified atom stereocenters. The Hall–Kier alpha value is -0.580. The van der Waals surface area contributed by atoms with Crippen molar-refractivity contribution in [1.82, 2.24) is 9.97 Å². The van der Waals surface area contributed by atoms with Gasteiger partial charge in [-0.3, -0.25) is 4.79 Å². The summed E-state index contributed by atoms with van der Waals surface area (Å²) in [6.45, 7) is 1.70. The fraction of sp³-hybridized carbons (Fsp3) is 0.375. The van der Waals surface area contributed by atoms with Gasteiger partial charge in [-0.1, -0.05) is 18.5 Å². The van der Waals surface area contributed by atoms with E-state index in [-0.39, 0.29) is 34.0 Å². The van der Waals surface area contributed by atoms with Crippen LogP contribution in [-0.2, 0) is 4.79 Å². The number of amides is 1. The Morgan fingerprint density at radius 1 is 1.53 bits per heavy atom. The van der Waals surface area contributed by atoms with E-state index >= 15 is 0 Å². The van der Waals surface area contributed by atoms with Crippen molar-refractivity contribution < 1.29 is 4.79 Å². The van der Waals surface area contributed by atoms with Crippen LogP contribution >= 0.6 is 34.8 Å². The number of nitrogens with one attached hydrogen (secondary N) is 1. The van der Waals surface area contributed by atoms with Crippen molar-refractivity contribution in [3.8, 4) is 0 Å². The molecule has 1 heterocycles. The molecule has 1 amide bonds. The number of alkyl halides is 1. The number of carbonyl (C=O) groups excluding carboxylic acids is 1. The summed E-state index contributed by atoms with van der Waals surface area (Å²) >= 11 is 16.7. The summed E-state index contributed by atoms with van der Waals surface area (Å²) in [6.07, 6.45) is 0. The summed E-state index contributed by atoms with van der Waals surface area (Å²) in [7, 11) is 0. The monoisotopic (exact) mass is 267 g/mol. The van der Waals surface area contributed by atoms with Crippen molar-refractivity contribution in [2.75, 3.05) is 11.2 Å². The van der Waals surface area contributed by atoms with E-state index in [1.54, 1.807) is 6.92 Å². The summed E-state index contributed by atoms with van der Waals surface area (Å²) in [5.41, 5.74) is 0. The van der Waals surface area contributed by atoms with Crippen molar-refractivity contribution in [3.63, 3.8) is 0 Å². The van der Waals surface area contributed by atoms with E-state index in [4.69, 9.17) is 34.8 Å². The highest BCUT2D eigenvalue weighted by atomic mass is 35.5. The molecule has 0 bridgehead atoms. The van der Waals surface area contributed by atoms with Gasteiger partial charge in [-0.25, -0.2) is 9.97 Å². The minimum Gasteiger partial charge on any atom is -0.310 e. The van der Waals surface area contributed by atoms with Crippen molar-refractivity contribution in [3.05, 3.63) is 16.5 Å². The van der Waals surface area contributed by atoms with Gasteiger partial charge < -0.3 is 5.32 Å². The first-order valence-electron chi connectivity index (χ1n) is 4.10. The number of anilines is 1. The van der Waals surface area contributed by atoms with Gasteiger partial charge in [0.25, 0.3) is 0 Å². The van der Waals surface area contributed by atoms with E-state index in [0.29, 0.717) is 0 Å². The highest BCUT2D eigenvalue weighted by molar-refractivity contribution is 6.32. The maximum Gasteiger partial charge on any atom is 0.229 e. The topological polar surface area (TPSA) is 54.9 Å². The zero-order valence-electron chi connectivity index (χ0n) is 7.80. The van der Waals surface area contributed by atoms with Crippen LogP contribution in [0.1, 0.15) is 6.92 Å². The molecule has 1 aromatic heterocycles. The lowest BCUT2D eigenvalue weighted by Crippen LogP contribution is -2.22. The molecule has 0 aliphatic rings. The fourth-order valence-electron chi connectivity index (χ4n) is 0.773. The predicted octanol–water partition coefficient (Wildman–Crippen LogP) is 2.60. The summed E-state index contributed by atoms with van der Waals surface area (Å²) in [4.78, 5) is 18.9. The average Bonchev–Trinajstić information content (AvgIpc) is 2.14. The molecule has 0 radical (unpaired) electrons. The smallest absolute Gasteiger partial charge is 0.229 e. The molecule has 0 fully saturated rings. The van der Waals surface area contributed by atoms with Crippen LogP contribution in [0.25, 0.3) is 0 Å². The number of carbonyl (C=O) groups is 1. The summed E-state index contributed by atoms with van der Waals surface area (Å²) in [6, 6.07) is 1.41. The largest absolute Gasteiger partial charge is 0.310 e. The van der Waals surface area contributed by atoms with E-state index in [0.717, 1.165) is 0 Å². The molecule has 1 rings (SSSR count). The second-order valence-corrected chi connectivity index (χ2v) is 3.92. The molecule has 1 aromatic rings. The lowest BCUT2D eigenvalue weighted by molar-refractivity contribution is -0.118. The third kappa shape index (κ3) is 3.81. The third-order valence-corrected chi connectivity index (χ3v) is 2.42. The van der Waals surface area contributed by atoms with Crippen LogP contribution in [0, 0.1) is 5.92 Å². The first kappa shape index (κ1) is 12.5. The Bertz CT molecular complexity index is 352. The Morgan fingerprint density at radius 3 is 2.73 bits per heavy atom. The second kappa shape index (κ2) is 5.49. The van der Waals surface area contributed by atoms with Crippen LogP contribution in [0.3, 0.4) is 0 Å². The van der Waals surface area contributed by atoms with Gasteiger partial charge in [-0.2, -0.15) is 0 Å². The first-order valence-corrected chi connectivity index (χ1v) is 5.39. The molecule has 0 spiro atoms. The average molecular weight is 269 g/mol. The third-order valence-electron chi connectivity index (χ3n) is 1.60. The van der Waals surface area contributed by atoms with Gasteiger partial charge >= 0.3 is 0 Å². The van der Waals surface area contributed by atoms with Crippen LogP contribution in [-0.4, -0.2) is 21.8 Å². The van der Waals surface area contributed by atoms with E-state index in [1.807, 2.05) is 0 Å². The van der Waals surface area contributed by atoms with Crippen LogP contribution in [0.2, 0.25) is 10.4 Å². The summed E-state index contributed by atoms with van der Waals surface area (Å²) in [5.74, 6) is -0.0461. The number of halogens is 3. The highest BCUT2D eigenvalue weighted by Gasteiger charge is 2.12. The molecule has 0 aliphatic carbocycles. The Kier molecular flexibility index (Phi) is 4.57. The molecule has 1 atom stereocenters. The molecule has 0 saturated carbocycles. The zero-order chi connectivity index (χ0) is 11.4. The van der Waals surface area contributed by atoms with Crippen LogP contribution < -0.4 is 5.32 Å². The molecule has 0 saturated heterocycles. The first-order chi connectivity index (χ1) is 7.02. The molecule has 0 aliphatic heterocycles. The van der Waals surface area contributed by atoms with Crippen LogP contribution in [0.4, 0.5) is 5.82 Å². The normalized spacial score (nSPS) is 12.3. The molecule has 0 aromatic carbocycles. The molecule has 82 valence electrons. The lowest BCUT2D eigenvalue weighted by atomic mass is 10.2. The molecular formula is C8H8Cl3N3O. The minimum absolute atomic E-state index is 0.0173. The quantitative estimate of drug-likeness (QED) is 0.521. The number of nitrogens with zero attached hydrogens (tertiary/aromatic N) is 2. The number of hydrogen-bond acceptors (Lipinski definition) is 3. The van der Waals surface area contributed by atoms with Gasteiger partial charge in [0.1, 0.15) is 11.0 Å². The molecule has 4 nitrogen and oxygen atoms in total. The van der Waals surface area contributed by atoms with Gasteiger partial charge in [0, 0.05) is 17.9 Å². The molecule has 1 N–H and O–H groups in total. The second-order valence-electron chi connectivity index (χ2n) is 2.89.